The Kier molecular flexibility index (Phi) is 5.59. The van der Waals surface area contributed by atoms with E-state index in [9.17, 15) is 4.79 Å². The lowest BCUT2D eigenvalue weighted by Crippen LogP contribution is -2.47. The maximum atomic E-state index is 12.3. The van der Waals surface area contributed by atoms with Crippen LogP contribution in [-0.2, 0) is 17.9 Å². The second kappa shape index (κ2) is 8.06. The van der Waals surface area contributed by atoms with Crippen LogP contribution in [0.5, 0.6) is 0 Å². The summed E-state index contributed by atoms with van der Waals surface area (Å²) in [6.07, 6.45) is 9.18. The van der Waals surface area contributed by atoms with E-state index in [2.05, 4.69) is 26.5 Å². The normalized spacial score (nSPS) is 18.5. The van der Waals surface area contributed by atoms with Crippen LogP contribution in [0.4, 0.5) is 0 Å². The van der Waals surface area contributed by atoms with Crippen LogP contribution < -0.4 is 5.32 Å². The molecular formula is C18H25N5O. The van der Waals surface area contributed by atoms with Crippen LogP contribution >= 0.6 is 0 Å². The monoisotopic (exact) mass is 327 g/mol. The molecular weight excluding hydrogens is 302 g/mol. The van der Waals surface area contributed by atoms with Gasteiger partial charge in [-0.1, -0.05) is 12.5 Å². The summed E-state index contributed by atoms with van der Waals surface area (Å²) in [5.74, 6) is 0.0594. The molecule has 2 aromatic heterocycles. The van der Waals surface area contributed by atoms with Crippen LogP contribution in [0, 0.1) is 6.92 Å². The summed E-state index contributed by atoms with van der Waals surface area (Å²) in [7, 11) is 0. The van der Waals surface area contributed by atoms with E-state index in [-0.39, 0.29) is 5.91 Å². The Labute approximate surface area is 142 Å². The first kappa shape index (κ1) is 16.6. The molecule has 0 radical (unpaired) electrons. The number of rotatable bonds is 6. The summed E-state index contributed by atoms with van der Waals surface area (Å²) in [5.41, 5.74) is 2.05. The third kappa shape index (κ3) is 4.64. The molecule has 0 bridgehead atoms. The van der Waals surface area contributed by atoms with Gasteiger partial charge < -0.3 is 5.32 Å². The number of amides is 1. The summed E-state index contributed by atoms with van der Waals surface area (Å²) >= 11 is 0. The van der Waals surface area contributed by atoms with E-state index in [1.54, 1.807) is 6.20 Å². The van der Waals surface area contributed by atoms with Crippen LogP contribution in [0.25, 0.3) is 0 Å². The van der Waals surface area contributed by atoms with Gasteiger partial charge in [0.1, 0.15) is 0 Å². The lowest BCUT2D eigenvalue weighted by molar-refractivity contribution is -0.123. The summed E-state index contributed by atoms with van der Waals surface area (Å²) < 4.78 is 1.99. The Morgan fingerprint density at radius 3 is 3.04 bits per heavy atom. The van der Waals surface area contributed by atoms with E-state index >= 15 is 0 Å². The zero-order valence-corrected chi connectivity index (χ0v) is 14.2. The number of hydrogen-bond donors (Lipinski definition) is 1. The molecule has 6 heteroatoms. The average molecular weight is 327 g/mol. The molecule has 2 aromatic rings. The molecule has 0 aliphatic carbocycles. The number of aromatic nitrogens is 3. The molecule has 1 amide bonds. The van der Waals surface area contributed by atoms with Gasteiger partial charge in [0.2, 0.25) is 5.91 Å². The van der Waals surface area contributed by atoms with Crippen LogP contribution in [0.2, 0.25) is 0 Å². The fourth-order valence-corrected chi connectivity index (χ4v) is 3.19. The van der Waals surface area contributed by atoms with E-state index < -0.39 is 0 Å². The van der Waals surface area contributed by atoms with Crippen molar-refractivity contribution in [2.45, 2.75) is 45.3 Å². The zero-order valence-electron chi connectivity index (χ0n) is 14.2. The van der Waals surface area contributed by atoms with E-state index in [1.165, 1.54) is 12.0 Å². The molecule has 0 saturated carbocycles. The summed E-state index contributed by atoms with van der Waals surface area (Å²) in [4.78, 5) is 18.8. The number of likely N-dealkylation sites (tertiary alicyclic amines) is 1. The Bertz CT molecular complexity index is 654. The van der Waals surface area contributed by atoms with Crippen LogP contribution in [-0.4, -0.2) is 44.7 Å². The SMILES string of the molecule is Cc1cnn(C[C@H]2CCCCN2CC(=O)NCc2ccccn2)c1. The molecule has 1 aliphatic rings. The van der Waals surface area contributed by atoms with E-state index in [1.807, 2.05) is 36.0 Å². The molecule has 1 fully saturated rings. The van der Waals surface area contributed by atoms with Crippen molar-refractivity contribution in [3.05, 3.63) is 48.0 Å². The molecule has 24 heavy (non-hydrogen) atoms. The Morgan fingerprint density at radius 1 is 1.38 bits per heavy atom. The van der Waals surface area contributed by atoms with Crippen molar-refractivity contribution < 1.29 is 4.79 Å². The number of aryl methyl sites for hydroxylation is 1. The van der Waals surface area contributed by atoms with Crippen molar-refractivity contribution in [1.29, 1.82) is 0 Å². The van der Waals surface area contributed by atoms with Crippen LogP contribution in [0.1, 0.15) is 30.5 Å². The van der Waals surface area contributed by atoms with Gasteiger partial charge in [0.15, 0.2) is 0 Å². The van der Waals surface area contributed by atoms with Gasteiger partial charge in [-0.05, 0) is 44.0 Å². The van der Waals surface area contributed by atoms with Crippen molar-refractivity contribution >= 4 is 5.91 Å². The molecule has 3 heterocycles. The van der Waals surface area contributed by atoms with Gasteiger partial charge in [-0.2, -0.15) is 5.10 Å². The highest BCUT2D eigenvalue weighted by Crippen LogP contribution is 2.18. The van der Waals surface area contributed by atoms with E-state index in [0.717, 1.165) is 31.6 Å². The Morgan fingerprint density at radius 2 is 2.29 bits per heavy atom. The van der Waals surface area contributed by atoms with Crippen molar-refractivity contribution in [2.24, 2.45) is 0 Å². The van der Waals surface area contributed by atoms with Gasteiger partial charge >= 0.3 is 0 Å². The number of piperidine rings is 1. The third-order valence-corrected chi connectivity index (χ3v) is 4.45. The molecule has 3 rings (SSSR count). The van der Waals surface area contributed by atoms with Gasteiger partial charge in [-0.3, -0.25) is 19.4 Å². The number of carbonyl (C=O) groups excluding carboxylic acids is 1. The molecule has 0 unspecified atom stereocenters. The minimum absolute atomic E-state index is 0.0594. The Hall–Kier alpha value is -2.21. The smallest absolute Gasteiger partial charge is 0.234 e. The molecule has 1 aliphatic heterocycles. The van der Waals surface area contributed by atoms with Gasteiger partial charge in [-0.15, -0.1) is 0 Å². The molecule has 1 N–H and O–H groups in total. The number of nitrogens with zero attached hydrogens (tertiary/aromatic N) is 4. The topological polar surface area (TPSA) is 63.1 Å². The Balaban J connectivity index is 1.52. The third-order valence-electron chi connectivity index (χ3n) is 4.45. The first-order valence-corrected chi connectivity index (χ1v) is 8.60. The fourth-order valence-electron chi connectivity index (χ4n) is 3.19. The maximum absolute atomic E-state index is 12.3. The summed E-state index contributed by atoms with van der Waals surface area (Å²) in [5, 5.41) is 7.35. The van der Waals surface area contributed by atoms with Crippen molar-refractivity contribution in [1.82, 2.24) is 25.0 Å². The predicted octanol–water partition coefficient (Wildman–Crippen LogP) is 1.76. The van der Waals surface area contributed by atoms with E-state index in [0.29, 0.717) is 19.1 Å². The van der Waals surface area contributed by atoms with Gasteiger partial charge in [-0.25, -0.2) is 0 Å². The number of carbonyl (C=O) groups is 1. The van der Waals surface area contributed by atoms with Crippen molar-refractivity contribution in [3.63, 3.8) is 0 Å². The zero-order chi connectivity index (χ0) is 16.8. The highest BCUT2D eigenvalue weighted by molar-refractivity contribution is 5.78. The molecule has 1 saturated heterocycles. The first-order chi connectivity index (χ1) is 11.7. The van der Waals surface area contributed by atoms with Gasteiger partial charge in [0.05, 0.1) is 31.5 Å². The lowest BCUT2D eigenvalue weighted by atomic mass is 10.0. The van der Waals surface area contributed by atoms with Crippen molar-refractivity contribution in [2.75, 3.05) is 13.1 Å². The number of hydrogen-bond acceptors (Lipinski definition) is 4. The van der Waals surface area contributed by atoms with Crippen molar-refractivity contribution in [3.8, 4) is 0 Å². The van der Waals surface area contributed by atoms with Crippen LogP contribution in [0.3, 0.4) is 0 Å². The van der Waals surface area contributed by atoms with Gasteiger partial charge in [0, 0.05) is 18.4 Å². The molecule has 128 valence electrons. The number of pyridine rings is 1. The molecule has 1 atom stereocenters. The highest BCUT2D eigenvalue weighted by Gasteiger charge is 2.24. The molecule has 6 nitrogen and oxygen atoms in total. The first-order valence-electron chi connectivity index (χ1n) is 8.60. The predicted molar refractivity (Wildman–Crippen MR) is 92.3 cm³/mol. The summed E-state index contributed by atoms with van der Waals surface area (Å²) in [6, 6.07) is 6.10. The average Bonchev–Trinajstić information content (AvgIpc) is 3.01. The van der Waals surface area contributed by atoms with Crippen LogP contribution in [0.15, 0.2) is 36.8 Å². The maximum Gasteiger partial charge on any atom is 0.234 e. The van der Waals surface area contributed by atoms with Gasteiger partial charge in [0.25, 0.3) is 0 Å². The summed E-state index contributed by atoms with van der Waals surface area (Å²) in [6.45, 7) is 4.80. The second-order valence-electron chi connectivity index (χ2n) is 6.46. The fraction of sp³-hybridized carbons (Fsp3) is 0.500. The molecule has 0 spiro atoms. The quantitative estimate of drug-likeness (QED) is 0.878. The second-order valence-corrected chi connectivity index (χ2v) is 6.46. The minimum atomic E-state index is 0.0594. The largest absolute Gasteiger partial charge is 0.349 e. The van der Waals surface area contributed by atoms with E-state index in [4.69, 9.17) is 0 Å². The lowest BCUT2D eigenvalue weighted by Gasteiger charge is -2.35. The minimum Gasteiger partial charge on any atom is -0.349 e. The highest BCUT2D eigenvalue weighted by atomic mass is 16.2. The number of nitrogens with one attached hydrogen (secondary N) is 1. The standard InChI is InChI=1S/C18H25N5O/c1-15-10-21-23(12-15)13-17-7-3-5-9-22(17)14-18(24)20-11-16-6-2-4-8-19-16/h2,4,6,8,10,12,17H,3,5,7,9,11,13-14H2,1H3,(H,20,24)/t17-/m1/s1. The molecule has 0 aromatic carbocycles.